The zero-order chi connectivity index (χ0) is 12.3. The lowest BCUT2D eigenvalue weighted by molar-refractivity contribution is 0.0689. The fraction of sp³-hybridized carbons (Fsp3) is 0.0769. The summed E-state index contributed by atoms with van der Waals surface area (Å²) in [5.41, 5.74) is 0.941. The Labute approximate surface area is 98.2 Å². The smallest absolute Gasteiger partial charge is 0.354 e. The van der Waals surface area contributed by atoms with Gasteiger partial charge in [-0.2, -0.15) is 0 Å². The van der Waals surface area contributed by atoms with Crippen LogP contribution in [0.4, 0.5) is 0 Å². The van der Waals surface area contributed by atoms with Crippen molar-refractivity contribution >= 4 is 5.97 Å². The molecule has 1 heterocycles. The second kappa shape index (κ2) is 4.76. The first-order valence-electron chi connectivity index (χ1n) is 5.12. The monoisotopic (exact) mass is 229 g/mol. The van der Waals surface area contributed by atoms with Crippen LogP contribution in [-0.4, -0.2) is 21.2 Å². The molecule has 2 rings (SSSR count). The van der Waals surface area contributed by atoms with Gasteiger partial charge >= 0.3 is 5.97 Å². The summed E-state index contributed by atoms with van der Waals surface area (Å²) in [5, 5.41) is 18.9. The number of hydrogen-bond acceptors (Lipinski definition) is 3. The van der Waals surface area contributed by atoms with Crippen LogP contribution in [0.2, 0.25) is 0 Å². The second-order valence-corrected chi connectivity index (χ2v) is 3.57. The molecule has 1 atom stereocenters. The summed E-state index contributed by atoms with van der Waals surface area (Å²) >= 11 is 0. The van der Waals surface area contributed by atoms with Gasteiger partial charge in [-0.1, -0.05) is 36.4 Å². The number of benzene rings is 1. The Morgan fingerprint density at radius 3 is 2.41 bits per heavy atom. The highest BCUT2D eigenvalue weighted by atomic mass is 16.4. The largest absolute Gasteiger partial charge is 0.477 e. The molecule has 86 valence electrons. The third kappa shape index (κ3) is 2.49. The van der Waals surface area contributed by atoms with E-state index in [9.17, 15) is 9.90 Å². The van der Waals surface area contributed by atoms with Crippen molar-refractivity contribution in [2.75, 3.05) is 0 Å². The minimum atomic E-state index is -1.10. The van der Waals surface area contributed by atoms with E-state index in [4.69, 9.17) is 5.11 Å². The minimum absolute atomic E-state index is 0.0718. The number of aromatic nitrogens is 1. The molecule has 0 amide bonds. The summed E-state index contributed by atoms with van der Waals surface area (Å²) in [5.74, 6) is -1.10. The van der Waals surface area contributed by atoms with Gasteiger partial charge in [0.25, 0.3) is 0 Å². The molecule has 1 aromatic heterocycles. The number of aliphatic hydroxyl groups excluding tert-OH is 1. The zero-order valence-electron chi connectivity index (χ0n) is 8.95. The van der Waals surface area contributed by atoms with Crippen LogP contribution in [0.15, 0.2) is 48.5 Å². The summed E-state index contributed by atoms with van der Waals surface area (Å²) in [6.07, 6.45) is -0.907. The topological polar surface area (TPSA) is 70.4 Å². The van der Waals surface area contributed by atoms with Gasteiger partial charge in [-0.25, -0.2) is 9.78 Å². The van der Waals surface area contributed by atoms with E-state index >= 15 is 0 Å². The van der Waals surface area contributed by atoms with E-state index < -0.39 is 12.1 Å². The van der Waals surface area contributed by atoms with E-state index in [-0.39, 0.29) is 5.69 Å². The van der Waals surface area contributed by atoms with Crippen LogP contribution in [0.1, 0.15) is 27.8 Å². The van der Waals surface area contributed by atoms with Gasteiger partial charge < -0.3 is 10.2 Å². The van der Waals surface area contributed by atoms with E-state index in [1.165, 1.54) is 6.07 Å². The van der Waals surface area contributed by atoms with Gasteiger partial charge in [-0.15, -0.1) is 0 Å². The standard InChI is InChI=1S/C13H11NO3/c15-12(9-5-2-1-3-6-9)10-7-4-8-11(14-10)13(16)17/h1-8,12,15H,(H,16,17). The van der Waals surface area contributed by atoms with Gasteiger partial charge in [0.15, 0.2) is 0 Å². The summed E-state index contributed by atoms with van der Waals surface area (Å²) in [6.45, 7) is 0. The third-order valence-corrected chi connectivity index (χ3v) is 2.39. The summed E-state index contributed by atoms with van der Waals surface area (Å²) in [4.78, 5) is 14.7. The molecule has 4 heteroatoms. The van der Waals surface area contributed by atoms with Gasteiger partial charge in [0.05, 0.1) is 5.69 Å². The quantitative estimate of drug-likeness (QED) is 0.842. The van der Waals surface area contributed by atoms with Crippen molar-refractivity contribution in [3.05, 3.63) is 65.5 Å². The Kier molecular flexibility index (Phi) is 3.16. The molecule has 0 aliphatic heterocycles. The number of carboxylic acids is 1. The highest BCUT2D eigenvalue weighted by Crippen LogP contribution is 2.19. The lowest BCUT2D eigenvalue weighted by atomic mass is 10.1. The van der Waals surface area contributed by atoms with Gasteiger partial charge in [-0.05, 0) is 17.7 Å². The number of aliphatic hydroxyl groups is 1. The number of aromatic carboxylic acids is 1. The van der Waals surface area contributed by atoms with E-state index in [1.807, 2.05) is 6.07 Å². The maximum Gasteiger partial charge on any atom is 0.354 e. The summed E-state index contributed by atoms with van der Waals surface area (Å²) in [7, 11) is 0. The van der Waals surface area contributed by atoms with Crippen molar-refractivity contribution in [2.45, 2.75) is 6.10 Å². The van der Waals surface area contributed by atoms with Crippen molar-refractivity contribution in [1.29, 1.82) is 0 Å². The van der Waals surface area contributed by atoms with Crippen molar-refractivity contribution in [1.82, 2.24) is 4.98 Å². The molecule has 0 aliphatic carbocycles. The molecule has 1 unspecified atom stereocenters. The average molecular weight is 229 g/mol. The maximum absolute atomic E-state index is 10.8. The van der Waals surface area contributed by atoms with Gasteiger partial charge in [-0.3, -0.25) is 0 Å². The summed E-state index contributed by atoms with van der Waals surface area (Å²) < 4.78 is 0. The normalized spacial score (nSPS) is 12.1. The van der Waals surface area contributed by atoms with Crippen LogP contribution in [0.3, 0.4) is 0 Å². The van der Waals surface area contributed by atoms with E-state index in [0.29, 0.717) is 11.3 Å². The van der Waals surface area contributed by atoms with Gasteiger partial charge in [0, 0.05) is 0 Å². The maximum atomic E-state index is 10.8. The lowest BCUT2D eigenvalue weighted by Crippen LogP contribution is -2.07. The van der Waals surface area contributed by atoms with E-state index in [0.717, 1.165) is 0 Å². The number of hydrogen-bond donors (Lipinski definition) is 2. The lowest BCUT2D eigenvalue weighted by Gasteiger charge is -2.10. The summed E-state index contributed by atoms with van der Waals surface area (Å²) in [6, 6.07) is 13.5. The zero-order valence-corrected chi connectivity index (χ0v) is 8.95. The van der Waals surface area contributed by atoms with Gasteiger partial charge in [0.2, 0.25) is 0 Å². The van der Waals surface area contributed by atoms with Crippen LogP contribution in [0.25, 0.3) is 0 Å². The van der Waals surface area contributed by atoms with Crippen LogP contribution >= 0.6 is 0 Å². The molecule has 0 saturated heterocycles. The van der Waals surface area contributed by atoms with Gasteiger partial charge in [0.1, 0.15) is 11.8 Å². The molecule has 0 radical (unpaired) electrons. The molecule has 0 aliphatic rings. The highest BCUT2D eigenvalue weighted by Gasteiger charge is 2.13. The fourth-order valence-electron chi connectivity index (χ4n) is 1.53. The van der Waals surface area contributed by atoms with Crippen LogP contribution in [-0.2, 0) is 0 Å². The van der Waals surface area contributed by atoms with Crippen LogP contribution < -0.4 is 0 Å². The number of carboxylic acid groups (broad SMARTS) is 1. The first kappa shape index (κ1) is 11.3. The average Bonchev–Trinajstić information content (AvgIpc) is 2.39. The Morgan fingerprint density at radius 2 is 1.76 bits per heavy atom. The van der Waals surface area contributed by atoms with Crippen LogP contribution in [0.5, 0.6) is 0 Å². The molecule has 4 nitrogen and oxygen atoms in total. The van der Waals surface area contributed by atoms with Crippen molar-refractivity contribution < 1.29 is 15.0 Å². The number of rotatable bonds is 3. The molecular weight excluding hydrogens is 218 g/mol. The molecule has 2 N–H and O–H groups in total. The second-order valence-electron chi connectivity index (χ2n) is 3.57. The first-order chi connectivity index (χ1) is 8.18. The molecule has 2 aromatic rings. The minimum Gasteiger partial charge on any atom is -0.477 e. The van der Waals surface area contributed by atoms with E-state index in [2.05, 4.69) is 4.98 Å². The number of carbonyl (C=O) groups is 1. The Balaban J connectivity index is 2.34. The van der Waals surface area contributed by atoms with E-state index in [1.54, 1.807) is 36.4 Å². The fourth-order valence-corrected chi connectivity index (χ4v) is 1.53. The number of pyridine rings is 1. The molecule has 0 fully saturated rings. The third-order valence-electron chi connectivity index (χ3n) is 2.39. The van der Waals surface area contributed by atoms with Crippen molar-refractivity contribution in [2.24, 2.45) is 0 Å². The van der Waals surface area contributed by atoms with Crippen molar-refractivity contribution in [3.63, 3.8) is 0 Å². The SMILES string of the molecule is O=C(O)c1cccc(C(O)c2ccccc2)n1. The Bertz CT molecular complexity index is 525. The first-order valence-corrected chi connectivity index (χ1v) is 5.12. The predicted octanol–water partition coefficient (Wildman–Crippen LogP) is 1.86. The Hall–Kier alpha value is -2.20. The molecule has 0 bridgehead atoms. The number of nitrogens with zero attached hydrogens (tertiary/aromatic N) is 1. The van der Waals surface area contributed by atoms with Crippen molar-refractivity contribution in [3.8, 4) is 0 Å². The van der Waals surface area contributed by atoms with Crippen LogP contribution in [0, 0.1) is 0 Å². The molecule has 0 spiro atoms. The predicted molar refractivity (Wildman–Crippen MR) is 61.7 cm³/mol. The molecule has 17 heavy (non-hydrogen) atoms. The molecule has 0 saturated carbocycles. The molecule has 1 aromatic carbocycles. The highest BCUT2D eigenvalue weighted by molar-refractivity contribution is 5.85. The Morgan fingerprint density at radius 1 is 1.06 bits per heavy atom. The molecular formula is C13H11NO3.